The molecule has 1 rings (SSSR count). The largest absolute Gasteiger partial charge is 0.398 e. The summed E-state index contributed by atoms with van der Waals surface area (Å²) in [4.78, 5) is 4.05. The van der Waals surface area contributed by atoms with Crippen LogP contribution in [0, 0.1) is 5.41 Å². The third kappa shape index (κ3) is 2.53. The fourth-order valence-corrected chi connectivity index (χ4v) is 1.16. The van der Waals surface area contributed by atoms with Gasteiger partial charge in [0.15, 0.2) is 0 Å². The molecule has 0 aliphatic rings. The molecule has 0 amide bonds. The molecule has 0 aliphatic heterocycles. The predicted octanol–water partition coefficient (Wildman–Crippen LogP) is 2.25. The molecule has 0 atom stereocenters. The Morgan fingerprint density at radius 1 is 1.42 bits per heavy atom. The van der Waals surface area contributed by atoms with Gasteiger partial charge < -0.3 is 5.73 Å². The molecule has 0 aliphatic carbocycles. The third-order valence-electron chi connectivity index (χ3n) is 1.66. The molecule has 1 aromatic heterocycles. The predicted molar refractivity (Wildman–Crippen MR) is 51.8 cm³/mol. The van der Waals surface area contributed by atoms with E-state index in [4.69, 9.17) is 5.73 Å². The van der Waals surface area contributed by atoms with E-state index in [1.54, 1.807) is 6.20 Å². The van der Waals surface area contributed by atoms with Crippen molar-refractivity contribution < 1.29 is 0 Å². The van der Waals surface area contributed by atoms with Gasteiger partial charge in [0.05, 0.1) is 0 Å². The van der Waals surface area contributed by atoms with Crippen LogP contribution in [0.15, 0.2) is 18.5 Å². The molecule has 2 nitrogen and oxygen atoms in total. The molecule has 0 saturated carbocycles. The van der Waals surface area contributed by atoms with Crippen molar-refractivity contribution in [3.8, 4) is 0 Å². The summed E-state index contributed by atoms with van der Waals surface area (Å²) in [6.45, 7) is 6.58. The minimum Gasteiger partial charge on any atom is -0.398 e. The molecule has 12 heavy (non-hydrogen) atoms. The molecule has 0 spiro atoms. The van der Waals surface area contributed by atoms with Crippen LogP contribution in [-0.4, -0.2) is 4.98 Å². The summed E-state index contributed by atoms with van der Waals surface area (Å²) in [6.07, 6.45) is 4.55. The Labute approximate surface area is 73.8 Å². The Morgan fingerprint density at radius 3 is 2.58 bits per heavy atom. The summed E-state index contributed by atoms with van der Waals surface area (Å²) in [5.41, 5.74) is 8.05. The Morgan fingerprint density at radius 2 is 2.08 bits per heavy atom. The minimum atomic E-state index is 0.275. The van der Waals surface area contributed by atoms with Gasteiger partial charge in [0, 0.05) is 18.1 Å². The number of anilines is 1. The summed E-state index contributed by atoms with van der Waals surface area (Å²) in [6, 6.07) is 1.85. The molecule has 2 N–H and O–H groups in total. The second kappa shape index (κ2) is 3.13. The number of rotatable bonds is 1. The lowest BCUT2D eigenvalue weighted by Gasteiger charge is -2.18. The van der Waals surface area contributed by atoms with Crippen molar-refractivity contribution in [2.45, 2.75) is 27.2 Å². The van der Waals surface area contributed by atoms with Crippen LogP contribution >= 0.6 is 0 Å². The molecule has 0 aromatic carbocycles. The maximum Gasteiger partial charge on any atom is 0.0377 e. The molecular weight excluding hydrogens is 148 g/mol. The summed E-state index contributed by atoms with van der Waals surface area (Å²) in [7, 11) is 0. The van der Waals surface area contributed by atoms with Crippen molar-refractivity contribution in [2.75, 3.05) is 5.73 Å². The quantitative estimate of drug-likeness (QED) is 0.691. The normalized spacial score (nSPS) is 11.6. The molecule has 1 heterocycles. The smallest absolute Gasteiger partial charge is 0.0377 e. The Hall–Kier alpha value is -1.05. The Balaban J connectivity index is 2.83. The van der Waals surface area contributed by atoms with E-state index in [0.717, 1.165) is 17.7 Å². The van der Waals surface area contributed by atoms with Crippen molar-refractivity contribution >= 4 is 5.69 Å². The summed E-state index contributed by atoms with van der Waals surface area (Å²) in [5, 5.41) is 0. The van der Waals surface area contributed by atoms with Crippen molar-refractivity contribution in [3.05, 3.63) is 24.0 Å². The first-order valence-electron chi connectivity index (χ1n) is 4.17. The van der Waals surface area contributed by atoms with Crippen LogP contribution in [0.4, 0.5) is 5.69 Å². The average molecular weight is 164 g/mol. The van der Waals surface area contributed by atoms with Gasteiger partial charge in [0.25, 0.3) is 0 Å². The highest BCUT2D eigenvalue weighted by Crippen LogP contribution is 2.22. The maximum atomic E-state index is 5.79. The zero-order valence-corrected chi connectivity index (χ0v) is 7.96. The van der Waals surface area contributed by atoms with Gasteiger partial charge in [-0.05, 0) is 23.5 Å². The van der Waals surface area contributed by atoms with E-state index in [9.17, 15) is 0 Å². The van der Waals surface area contributed by atoms with Crippen molar-refractivity contribution in [3.63, 3.8) is 0 Å². The first kappa shape index (κ1) is 9.04. The van der Waals surface area contributed by atoms with Crippen LogP contribution in [0.2, 0.25) is 0 Å². The highest BCUT2D eigenvalue weighted by Gasteiger charge is 2.12. The number of aromatic nitrogens is 1. The molecule has 66 valence electrons. The van der Waals surface area contributed by atoms with Crippen LogP contribution in [0.25, 0.3) is 0 Å². The average Bonchev–Trinajstić information content (AvgIpc) is 1.91. The van der Waals surface area contributed by atoms with Gasteiger partial charge in [-0.2, -0.15) is 0 Å². The van der Waals surface area contributed by atoms with Gasteiger partial charge in [-0.1, -0.05) is 20.8 Å². The molecule has 0 bridgehead atoms. The van der Waals surface area contributed by atoms with E-state index in [1.165, 1.54) is 0 Å². The van der Waals surface area contributed by atoms with Gasteiger partial charge in [-0.15, -0.1) is 0 Å². The second-order valence-electron chi connectivity index (χ2n) is 4.31. The van der Waals surface area contributed by atoms with Crippen LogP contribution in [-0.2, 0) is 6.42 Å². The zero-order valence-electron chi connectivity index (χ0n) is 7.96. The summed E-state index contributed by atoms with van der Waals surface area (Å²) < 4.78 is 0. The van der Waals surface area contributed by atoms with Crippen LogP contribution in [0.1, 0.15) is 26.3 Å². The van der Waals surface area contributed by atoms with E-state index in [0.29, 0.717) is 0 Å². The topological polar surface area (TPSA) is 38.9 Å². The molecule has 0 fully saturated rings. The third-order valence-corrected chi connectivity index (χ3v) is 1.66. The highest BCUT2D eigenvalue weighted by atomic mass is 14.7. The number of hydrogen-bond acceptors (Lipinski definition) is 2. The van der Waals surface area contributed by atoms with Gasteiger partial charge in [-0.3, -0.25) is 4.98 Å². The molecule has 0 unspecified atom stereocenters. The van der Waals surface area contributed by atoms with Crippen LogP contribution in [0.3, 0.4) is 0 Å². The molecule has 0 saturated heterocycles. The van der Waals surface area contributed by atoms with Crippen molar-refractivity contribution in [1.82, 2.24) is 4.98 Å². The molecule has 2 heteroatoms. The Bertz CT molecular complexity index is 261. The van der Waals surface area contributed by atoms with Gasteiger partial charge >= 0.3 is 0 Å². The number of hydrogen-bond donors (Lipinski definition) is 1. The lowest BCUT2D eigenvalue weighted by atomic mass is 9.88. The minimum absolute atomic E-state index is 0.275. The van der Waals surface area contributed by atoms with E-state index < -0.39 is 0 Å². The van der Waals surface area contributed by atoms with Gasteiger partial charge in [-0.25, -0.2) is 0 Å². The fraction of sp³-hybridized carbons (Fsp3) is 0.500. The van der Waals surface area contributed by atoms with E-state index >= 15 is 0 Å². The monoisotopic (exact) mass is 164 g/mol. The van der Waals surface area contributed by atoms with E-state index in [1.807, 2.05) is 12.3 Å². The zero-order chi connectivity index (χ0) is 9.19. The molecular formula is C10H16N2. The van der Waals surface area contributed by atoms with Crippen molar-refractivity contribution in [1.29, 1.82) is 0 Å². The number of nitrogens with zero attached hydrogens (tertiary/aromatic N) is 1. The fourth-order valence-electron chi connectivity index (χ4n) is 1.16. The summed E-state index contributed by atoms with van der Waals surface area (Å²) >= 11 is 0. The van der Waals surface area contributed by atoms with Gasteiger partial charge in [0.2, 0.25) is 0 Å². The van der Waals surface area contributed by atoms with Crippen LogP contribution < -0.4 is 5.73 Å². The van der Waals surface area contributed by atoms with Gasteiger partial charge in [0.1, 0.15) is 0 Å². The highest BCUT2D eigenvalue weighted by molar-refractivity contribution is 5.44. The SMILES string of the molecule is CC(C)(C)Cc1cnccc1N. The second-order valence-corrected chi connectivity index (χ2v) is 4.31. The first-order valence-corrected chi connectivity index (χ1v) is 4.17. The van der Waals surface area contributed by atoms with Crippen LogP contribution in [0.5, 0.6) is 0 Å². The maximum absolute atomic E-state index is 5.79. The molecule has 1 aromatic rings. The first-order chi connectivity index (χ1) is 5.49. The lowest BCUT2D eigenvalue weighted by Crippen LogP contribution is -2.10. The Kier molecular flexibility index (Phi) is 2.36. The standard InChI is InChI=1S/C10H16N2/c1-10(2,3)6-8-7-12-5-4-9(8)11/h4-5,7H,6H2,1-3H3,(H2,11,12). The lowest BCUT2D eigenvalue weighted by molar-refractivity contribution is 0.411. The molecule has 0 radical (unpaired) electrons. The number of pyridine rings is 1. The number of nitrogen functional groups attached to an aromatic ring is 1. The number of nitrogens with two attached hydrogens (primary N) is 1. The van der Waals surface area contributed by atoms with Crippen molar-refractivity contribution in [2.24, 2.45) is 5.41 Å². The summed E-state index contributed by atoms with van der Waals surface area (Å²) in [5.74, 6) is 0. The van der Waals surface area contributed by atoms with E-state index in [-0.39, 0.29) is 5.41 Å². The van der Waals surface area contributed by atoms with E-state index in [2.05, 4.69) is 25.8 Å².